The number of carbonyl (C=O) groups excluding carboxylic acids is 4. The van der Waals surface area contributed by atoms with Gasteiger partial charge < -0.3 is 9.90 Å². The van der Waals surface area contributed by atoms with Crippen molar-refractivity contribution in [2.24, 2.45) is 0 Å². The Labute approximate surface area is 132 Å². The Hall–Kier alpha value is -2.96. The summed E-state index contributed by atoms with van der Waals surface area (Å²) >= 11 is 0. The van der Waals surface area contributed by atoms with E-state index in [0.29, 0.717) is 5.56 Å². The number of aromatic carboxylic acids is 1. The third-order valence-corrected chi connectivity index (χ3v) is 3.23. The monoisotopic (exact) mass is 315 g/mol. The van der Waals surface area contributed by atoms with Crippen molar-refractivity contribution in [3.05, 3.63) is 41.0 Å². The van der Waals surface area contributed by atoms with Gasteiger partial charge in [0, 0.05) is 5.54 Å². The molecule has 1 aromatic rings. The Kier molecular flexibility index (Phi) is 4.05. The zero-order valence-corrected chi connectivity index (χ0v) is 12.9. The van der Waals surface area contributed by atoms with E-state index in [0.717, 1.165) is 4.90 Å². The first-order valence-corrected chi connectivity index (χ1v) is 6.84. The number of amides is 4. The van der Waals surface area contributed by atoms with Gasteiger partial charge in [0.25, 0.3) is 11.8 Å². The molecule has 4 amide bonds. The van der Waals surface area contributed by atoms with Crippen LogP contribution in [0.1, 0.15) is 36.7 Å². The summed E-state index contributed by atoms with van der Waals surface area (Å²) in [5.74, 6) is -2.81. The highest BCUT2D eigenvalue weighted by molar-refractivity contribution is 6.31. The number of nitrogens with zero attached hydrogens (tertiary/aromatic N) is 1. The van der Waals surface area contributed by atoms with Crippen LogP contribution in [0.2, 0.25) is 0 Å². The number of barbiturate groups is 1. The van der Waals surface area contributed by atoms with Gasteiger partial charge in [-0.2, -0.15) is 0 Å². The van der Waals surface area contributed by atoms with Gasteiger partial charge in [0.15, 0.2) is 0 Å². The van der Waals surface area contributed by atoms with Crippen molar-refractivity contribution >= 4 is 29.9 Å². The summed E-state index contributed by atoms with van der Waals surface area (Å²) in [5.41, 5.74) is -0.546. The number of imide groups is 2. The molecule has 1 N–H and O–H groups in total. The first-order chi connectivity index (χ1) is 10.6. The Bertz CT molecular complexity index is 726. The summed E-state index contributed by atoms with van der Waals surface area (Å²) in [6.07, 6.45) is 1.31. The summed E-state index contributed by atoms with van der Waals surface area (Å²) in [7, 11) is 0. The van der Waals surface area contributed by atoms with E-state index in [2.05, 4.69) is 5.32 Å². The first kappa shape index (κ1) is 16.4. The molecule has 2 rings (SSSR count). The molecule has 23 heavy (non-hydrogen) atoms. The first-order valence-electron chi connectivity index (χ1n) is 6.84. The molecule has 0 unspecified atom stereocenters. The molecule has 1 heterocycles. The molecule has 0 aliphatic carbocycles. The molecule has 0 bridgehead atoms. The second kappa shape index (κ2) is 5.68. The quantitative estimate of drug-likeness (QED) is 0.624. The number of nitrogens with one attached hydrogen (secondary N) is 1. The van der Waals surface area contributed by atoms with Gasteiger partial charge in [-0.05, 0) is 38.0 Å². The minimum atomic E-state index is -1.32. The fraction of sp³-hybridized carbons (Fsp3) is 0.250. The largest absolute Gasteiger partial charge is 0.545 e. The summed E-state index contributed by atoms with van der Waals surface area (Å²) in [4.78, 5) is 47.9. The number of carboxylic acid groups (broad SMARTS) is 1. The van der Waals surface area contributed by atoms with Crippen LogP contribution in [0.25, 0.3) is 6.08 Å². The number of urea groups is 1. The second-order valence-electron chi connectivity index (χ2n) is 6.04. The predicted octanol–water partition coefficient (Wildman–Crippen LogP) is 0.310. The summed E-state index contributed by atoms with van der Waals surface area (Å²) < 4.78 is 0. The number of hydrogen-bond acceptors (Lipinski definition) is 5. The normalized spacial score (nSPS) is 17.4. The maximum atomic E-state index is 12.4. The molecule has 0 aromatic heterocycles. The highest BCUT2D eigenvalue weighted by Gasteiger charge is 2.41. The Morgan fingerprint density at radius 2 is 1.70 bits per heavy atom. The van der Waals surface area contributed by atoms with Crippen LogP contribution in [0.15, 0.2) is 29.8 Å². The van der Waals surface area contributed by atoms with Crippen molar-refractivity contribution < 1.29 is 24.3 Å². The Morgan fingerprint density at radius 3 is 2.17 bits per heavy atom. The number of hydrogen-bond donors (Lipinski definition) is 1. The standard InChI is InChI=1S/C16H16N2O5/c1-16(2,3)18-13(20)11(12(19)17-15(18)23)8-9-4-6-10(7-5-9)14(21)22/h4-8H,1-3H3,(H,21,22)(H,17,19,23)/p-1/b11-8+. The van der Waals surface area contributed by atoms with E-state index in [-0.39, 0.29) is 11.1 Å². The van der Waals surface area contributed by atoms with Crippen LogP contribution in [0, 0.1) is 0 Å². The van der Waals surface area contributed by atoms with Crippen LogP contribution >= 0.6 is 0 Å². The van der Waals surface area contributed by atoms with Gasteiger partial charge in [-0.25, -0.2) is 4.79 Å². The minimum absolute atomic E-state index is 0.0157. The summed E-state index contributed by atoms with van der Waals surface area (Å²) in [6.45, 7) is 5.02. The maximum absolute atomic E-state index is 12.4. The van der Waals surface area contributed by atoms with Crippen molar-refractivity contribution in [2.75, 3.05) is 0 Å². The van der Waals surface area contributed by atoms with E-state index < -0.39 is 29.4 Å². The van der Waals surface area contributed by atoms with E-state index in [1.807, 2.05) is 0 Å². The van der Waals surface area contributed by atoms with Gasteiger partial charge >= 0.3 is 6.03 Å². The third kappa shape index (κ3) is 3.28. The van der Waals surface area contributed by atoms with E-state index in [1.165, 1.54) is 30.3 Å². The lowest BCUT2D eigenvalue weighted by Crippen LogP contribution is -2.60. The van der Waals surface area contributed by atoms with Gasteiger partial charge in [-0.15, -0.1) is 0 Å². The van der Waals surface area contributed by atoms with Crippen LogP contribution in [0.3, 0.4) is 0 Å². The molecule has 7 nitrogen and oxygen atoms in total. The third-order valence-electron chi connectivity index (χ3n) is 3.23. The highest BCUT2D eigenvalue weighted by atomic mass is 16.4. The van der Waals surface area contributed by atoms with E-state index in [1.54, 1.807) is 20.8 Å². The molecule has 0 saturated carbocycles. The fourth-order valence-electron chi connectivity index (χ4n) is 2.15. The molecule has 1 aliphatic rings. The van der Waals surface area contributed by atoms with E-state index in [4.69, 9.17) is 0 Å². The summed E-state index contributed by atoms with van der Waals surface area (Å²) in [5, 5.41) is 12.8. The van der Waals surface area contributed by atoms with Crippen LogP contribution in [-0.2, 0) is 9.59 Å². The Balaban J connectivity index is 2.40. The van der Waals surface area contributed by atoms with Crippen LogP contribution in [0.4, 0.5) is 4.79 Å². The van der Waals surface area contributed by atoms with Gasteiger partial charge in [0.05, 0.1) is 5.97 Å². The number of benzene rings is 1. The van der Waals surface area contributed by atoms with Crippen LogP contribution in [-0.4, -0.2) is 34.3 Å². The maximum Gasteiger partial charge on any atom is 0.331 e. The van der Waals surface area contributed by atoms with Gasteiger partial charge in [-0.1, -0.05) is 24.3 Å². The van der Waals surface area contributed by atoms with Gasteiger partial charge in [0.1, 0.15) is 5.57 Å². The molecule has 0 atom stereocenters. The predicted molar refractivity (Wildman–Crippen MR) is 78.9 cm³/mol. The van der Waals surface area contributed by atoms with Gasteiger partial charge in [0.2, 0.25) is 0 Å². The molecule has 1 fully saturated rings. The van der Waals surface area contributed by atoms with Crippen LogP contribution in [0.5, 0.6) is 0 Å². The van der Waals surface area contributed by atoms with Crippen LogP contribution < -0.4 is 10.4 Å². The molecule has 0 spiro atoms. The van der Waals surface area contributed by atoms with Gasteiger partial charge in [-0.3, -0.25) is 19.8 Å². The summed E-state index contributed by atoms with van der Waals surface area (Å²) in [6, 6.07) is 4.73. The average molecular weight is 315 g/mol. The molecule has 7 heteroatoms. The number of carboxylic acids is 1. The number of carbonyl (C=O) groups is 4. The minimum Gasteiger partial charge on any atom is -0.545 e. The highest BCUT2D eigenvalue weighted by Crippen LogP contribution is 2.22. The lowest BCUT2D eigenvalue weighted by Gasteiger charge is -2.36. The molecule has 1 saturated heterocycles. The van der Waals surface area contributed by atoms with Crippen molar-refractivity contribution in [1.82, 2.24) is 10.2 Å². The molecule has 1 aliphatic heterocycles. The zero-order valence-electron chi connectivity index (χ0n) is 12.9. The lowest BCUT2D eigenvalue weighted by atomic mass is 10.0. The van der Waals surface area contributed by atoms with E-state index in [9.17, 15) is 24.3 Å². The molecule has 1 aromatic carbocycles. The van der Waals surface area contributed by atoms with E-state index >= 15 is 0 Å². The second-order valence-corrected chi connectivity index (χ2v) is 6.04. The average Bonchev–Trinajstić information content (AvgIpc) is 2.42. The molecular formula is C16H15N2O5-. The van der Waals surface area contributed by atoms with Crippen molar-refractivity contribution in [3.63, 3.8) is 0 Å². The SMILES string of the molecule is CC(C)(C)N1C(=O)NC(=O)/C(=C\c2ccc(C(=O)[O-])cc2)C1=O. The fourth-order valence-corrected chi connectivity index (χ4v) is 2.15. The lowest BCUT2D eigenvalue weighted by molar-refractivity contribution is -0.255. The Morgan fingerprint density at radius 1 is 1.13 bits per heavy atom. The number of rotatable bonds is 2. The molecule has 0 radical (unpaired) electrons. The van der Waals surface area contributed by atoms with Crippen molar-refractivity contribution in [3.8, 4) is 0 Å². The smallest absolute Gasteiger partial charge is 0.331 e. The molecule has 120 valence electrons. The molecular weight excluding hydrogens is 300 g/mol. The zero-order chi connectivity index (χ0) is 17.4. The van der Waals surface area contributed by atoms with Crippen molar-refractivity contribution in [1.29, 1.82) is 0 Å². The topological polar surface area (TPSA) is 107 Å². The van der Waals surface area contributed by atoms with Crippen molar-refractivity contribution in [2.45, 2.75) is 26.3 Å².